The third kappa shape index (κ3) is 7.53. The van der Waals surface area contributed by atoms with Crippen molar-refractivity contribution in [2.45, 2.75) is 59.3 Å². The highest BCUT2D eigenvalue weighted by Crippen LogP contribution is 2.15. The van der Waals surface area contributed by atoms with E-state index in [0.717, 1.165) is 5.06 Å². The molecule has 1 rings (SSSR count). The maximum atomic E-state index is 12.2. The molecule has 0 spiro atoms. The second-order valence-electron chi connectivity index (χ2n) is 7.09. The van der Waals surface area contributed by atoms with Crippen molar-refractivity contribution in [1.29, 1.82) is 0 Å². The van der Waals surface area contributed by atoms with Crippen LogP contribution < -0.4 is 0 Å². The summed E-state index contributed by atoms with van der Waals surface area (Å²) < 4.78 is 11.9. The van der Waals surface area contributed by atoms with Crippen molar-refractivity contribution < 1.29 is 23.9 Å². The van der Waals surface area contributed by atoms with E-state index in [1.807, 2.05) is 0 Å². The Labute approximate surface area is 136 Å². The van der Waals surface area contributed by atoms with Gasteiger partial charge in [-0.3, -0.25) is 9.52 Å². The first-order chi connectivity index (χ1) is 10.4. The Balaban J connectivity index is 2.83. The molecular weight excluding hydrogens is 302 g/mol. The second-order valence-corrected chi connectivity index (χ2v) is 7.09. The van der Waals surface area contributed by atoms with Crippen molar-refractivity contribution in [3.63, 3.8) is 0 Å². The number of nitrogens with zero attached hydrogens (tertiary/aromatic N) is 3. The zero-order chi connectivity index (χ0) is 17.8. The van der Waals surface area contributed by atoms with Crippen LogP contribution >= 0.6 is 0 Å². The summed E-state index contributed by atoms with van der Waals surface area (Å²) >= 11 is 0. The molecule has 0 radical (unpaired) electrons. The summed E-state index contributed by atoms with van der Waals surface area (Å²) in [6.45, 7) is 10.3. The lowest BCUT2D eigenvalue weighted by atomic mass is 10.2. The fourth-order valence-corrected chi connectivity index (χ4v) is 1.52. The summed E-state index contributed by atoms with van der Waals surface area (Å²) in [4.78, 5) is 29.0. The molecular formula is C15H25N3O5. The van der Waals surface area contributed by atoms with Crippen LogP contribution in [0.25, 0.3) is 0 Å². The van der Waals surface area contributed by atoms with Crippen molar-refractivity contribution in [1.82, 2.24) is 14.8 Å². The van der Waals surface area contributed by atoms with Crippen molar-refractivity contribution in [3.8, 4) is 0 Å². The predicted octanol–water partition coefficient (Wildman–Crippen LogP) is 3.02. The van der Waals surface area contributed by atoms with Gasteiger partial charge in [-0.2, -0.15) is 5.10 Å². The van der Waals surface area contributed by atoms with Gasteiger partial charge in [0, 0.05) is 18.8 Å². The van der Waals surface area contributed by atoms with E-state index in [4.69, 9.17) is 14.3 Å². The van der Waals surface area contributed by atoms with E-state index >= 15 is 0 Å². The Morgan fingerprint density at radius 1 is 1.13 bits per heavy atom. The average Bonchev–Trinajstić information content (AvgIpc) is 2.69. The van der Waals surface area contributed by atoms with Crippen molar-refractivity contribution in [3.05, 3.63) is 18.0 Å². The van der Waals surface area contributed by atoms with Gasteiger partial charge in [0.2, 0.25) is 0 Å². The minimum Gasteiger partial charge on any atom is -0.442 e. The molecule has 0 saturated carbocycles. The molecule has 1 amide bonds. The molecule has 1 aromatic rings. The van der Waals surface area contributed by atoms with E-state index in [0.29, 0.717) is 5.56 Å². The number of hydroxylamine groups is 2. The van der Waals surface area contributed by atoms with E-state index in [1.165, 1.54) is 0 Å². The van der Waals surface area contributed by atoms with Crippen LogP contribution in [-0.4, -0.2) is 38.3 Å². The Hall–Kier alpha value is -2.25. The summed E-state index contributed by atoms with van der Waals surface area (Å²) in [5.74, 6) is 0. The summed E-state index contributed by atoms with van der Waals surface area (Å²) in [5.41, 5.74) is -0.770. The van der Waals surface area contributed by atoms with Gasteiger partial charge in [0.25, 0.3) is 0 Å². The second kappa shape index (κ2) is 6.89. The van der Waals surface area contributed by atoms with Crippen LogP contribution in [0.5, 0.6) is 0 Å². The topological polar surface area (TPSA) is 82.9 Å². The predicted molar refractivity (Wildman–Crippen MR) is 82.3 cm³/mol. The van der Waals surface area contributed by atoms with Gasteiger partial charge in [-0.1, -0.05) is 0 Å². The van der Waals surface area contributed by atoms with Gasteiger partial charge in [0.05, 0.1) is 12.7 Å². The summed E-state index contributed by atoms with van der Waals surface area (Å²) in [5, 5.41) is 4.82. The van der Waals surface area contributed by atoms with Gasteiger partial charge in [-0.05, 0) is 41.5 Å². The van der Waals surface area contributed by atoms with E-state index in [-0.39, 0.29) is 6.54 Å². The van der Waals surface area contributed by atoms with Crippen LogP contribution in [0.1, 0.15) is 47.1 Å². The normalized spacial score (nSPS) is 11.8. The Morgan fingerprint density at radius 3 is 2.13 bits per heavy atom. The molecule has 1 heterocycles. The molecule has 0 fully saturated rings. The first kappa shape index (κ1) is 18.8. The minimum absolute atomic E-state index is 0.00198. The molecule has 23 heavy (non-hydrogen) atoms. The van der Waals surface area contributed by atoms with Crippen LogP contribution in [-0.2, 0) is 27.9 Å². The van der Waals surface area contributed by atoms with Crippen molar-refractivity contribution in [2.75, 3.05) is 0 Å². The Morgan fingerprint density at radius 2 is 1.70 bits per heavy atom. The molecule has 0 aliphatic carbocycles. The molecule has 0 saturated heterocycles. The molecule has 0 aliphatic heterocycles. The highest BCUT2D eigenvalue weighted by Gasteiger charge is 2.28. The number of carbonyl (C=O) groups excluding carboxylic acids is 2. The number of amides is 1. The van der Waals surface area contributed by atoms with Crippen LogP contribution in [0.2, 0.25) is 0 Å². The van der Waals surface area contributed by atoms with E-state index in [1.54, 1.807) is 65.7 Å². The van der Waals surface area contributed by atoms with Crippen LogP contribution in [0.4, 0.5) is 9.59 Å². The van der Waals surface area contributed by atoms with E-state index < -0.39 is 23.5 Å². The van der Waals surface area contributed by atoms with Gasteiger partial charge < -0.3 is 9.47 Å². The van der Waals surface area contributed by atoms with Gasteiger partial charge in [-0.15, -0.1) is 5.06 Å². The Bertz CT molecular complexity index is 554. The van der Waals surface area contributed by atoms with Crippen LogP contribution in [0, 0.1) is 0 Å². The molecule has 130 valence electrons. The summed E-state index contributed by atoms with van der Waals surface area (Å²) in [6, 6.07) is 0. The first-order valence-corrected chi connectivity index (χ1v) is 7.25. The quantitative estimate of drug-likeness (QED) is 0.613. The van der Waals surface area contributed by atoms with Gasteiger partial charge in [0.15, 0.2) is 0 Å². The first-order valence-electron chi connectivity index (χ1n) is 7.25. The third-order valence-corrected chi connectivity index (χ3v) is 2.26. The molecule has 8 nitrogen and oxygen atoms in total. The standard InChI is InChI=1S/C15H25N3O5/c1-14(2,3)21-12(19)18(10-11-8-16-17(7)9-11)23-13(20)22-15(4,5)6/h8-9H,10H2,1-7H3. The lowest BCUT2D eigenvalue weighted by molar-refractivity contribution is -0.140. The molecule has 0 aliphatic rings. The summed E-state index contributed by atoms with van der Waals surface area (Å²) in [7, 11) is 1.75. The smallest absolute Gasteiger partial charge is 0.442 e. The van der Waals surface area contributed by atoms with Crippen molar-refractivity contribution in [2.24, 2.45) is 7.05 Å². The lowest BCUT2D eigenvalue weighted by Gasteiger charge is -2.27. The SMILES string of the molecule is Cn1cc(CN(OC(=O)OC(C)(C)C)C(=O)OC(C)(C)C)cn1. The molecule has 0 N–H and O–H groups in total. The highest BCUT2D eigenvalue weighted by atomic mass is 16.8. The maximum Gasteiger partial charge on any atom is 0.534 e. The van der Waals surface area contributed by atoms with Crippen LogP contribution in [0.3, 0.4) is 0 Å². The number of carbonyl (C=O) groups is 2. The number of aromatic nitrogens is 2. The average molecular weight is 327 g/mol. The van der Waals surface area contributed by atoms with E-state index in [9.17, 15) is 9.59 Å². The molecule has 0 unspecified atom stereocenters. The van der Waals surface area contributed by atoms with Gasteiger partial charge in [0.1, 0.15) is 11.2 Å². The lowest BCUT2D eigenvalue weighted by Crippen LogP contribution is -2.39. The number of aryl methyl sites for hydroxylation is 1. The van der Waals surface area contributed by atoms with Gasteiger partial charge >= 0.3 is 12.2 Å². The molecule has 0 aromatic carbocycles. The zero-order valence-electron chi connectivity index (χ0n) is 14.7. The molecule has 0 bridgehead atoms. The molecule has 8 heteroatoms. The summed E-state index contributed by atoms with van der Waals surface area (Å²) in [6.07, 6.45) is 1.51. The monoisotopic (exact) mass is 327 g/mol. The highest BCUT2D eigenvalue weighted by molar-refractivity contribution is 5.70. The van der Waals surface area contributed by atoms with Crippen molar-refractivity contribution >= 4 is 12.2 Å². The number of rotatable bonds is 2. The fourth-order valence-electron chi connectivity index (χ4n) is 1.52. The fraction of sp³-hybridized carbons (Fsp3) is 0.667. The molecule has 0 atom stereocenters. The zero-order valence-corrected chi connectivity index (χ0v) is 14.7. The van der Waals surface area contributed by atoms with Crippen LogP contribution in [0.15, 0.2) is 12.4 Å². The number of hydrogen-bond donors (Lipinski definition) is 0. The van der Waals surface area contributed by atoms with E-state index in [2.05, 4.69) is 5.10 Å². The minimum atomic E-state index is -0.979. The largest absolute Gasteiger partial charge is 0.534 e. The molecule has 1 aromatic heterocycles. The Kier molecular flexibility index (Phi) is 5.63. The number of hydrogen-bond acceptors (Lipinski definition) is 6. The maximum absolute atomic E-state index is 12.2. The number of ether oxygens (including phenoxy) is 2. The third-order valence-electron chi connectivity index (χ3n) is 2.26. The van der Waals surface area contributed by atoms with Gasteiger partial charge in [-0.25, -0.2) is 9.59 Å².